The Bertz CT molecular complexity index is 1050. The lowest BCUT2D eigenvalue weighted by molar-refractivity contribution is -0.121. The van der Waals surface area contributed by atoms with Gasteiger partial charge in [0.15, 0.2) is 6.61 Å². The zero-order valence-electron chi connectivity index (χ0n) is 16.1. The zero-order chi connectivity index (χ0) is 20.4. The summed E-state index contributed by atoms with van der Waals surface area (Å²) in [5, 5.41) is 4.62. The van der Waals surface area contributed by atoms with Gasteiger partial charge in [0.25, 0.3) is 5.91 Å². The number of hydrogen-bond acceptors (Lipinski definition) is 6. The van der Waals surface area contributed by atoms with Crippen LogP contribution in [-0.2, 0) is 11.2 Å². The Morgan fingerprint density at radius 1 is 1.24 bits per heavy atom. The number of rotatable bonds is 6. The summed E-state index contributed by atoms with van der Waals surface area (Å²) in [5.74, 6) is 2.16. The summed E-state index contributed by atoms with van der Waals surface area (Å²) in [4.78, 5) is 18.4. The number of methoxy groups -OCH3 is 1. The van der Waals surface area contributed by atoms with E-state index in [4.69, 9.17) is 25.6 Å². The number of hydrogen-bond donors (Lipinski definition) is 0. The monoisotopic (exact) mass is 413 g/mol. The van der Waals surface area contributed by atoms with Gasteiger partial charge in [0.2, 0.25) is 11.7 Å². The number of carbonyl (C=O) groups excluding carboxylic acids is 1. The smallest absolute Gasteiger partial charge is 0.265 e. The van der Waals surface area contributed by atoms with Gasteiger partial charge in [0.1, 0.15) is 11.5 Å². The van der Waals surface area contributed by atoms with Crippen LogP contribution in [-0.4, -0.2) is 36.3 Å². The molecule has 7 nitrogen and oxygen atoms in total. The van der Waals surface area contributed by atoms with Gasteiger partial charge in [-0.2, -0.15) is 4.98 Å². The van der Waals surface area contributed by atoms with E-state index in [-0.39, 0.29) is 12.5 Å². The molecule has 29 heavy (non-hydrogen) atoms. The average Bonchev–Trinajstić information content (AvgIpc) is 3.18. The Morgan fingerprint density at radius 2 is 2.10 bits per heavy atom. The Labute approximate surface area is 173 Å². The second-order valence-electron chi connectivity index (χ2n) is 6.67. The van der Waals surface area contributed by atoms with Gasteiger partial charge < -0.3 is 18.9 Å². The minimum Gasteiger partial charge on any atom is -0.495 e. The molecule has 0 unspecified atom stereocenters. The number of fused-ring (bicyclic) bond motifs is 1. The molecular formula is C21H20ClN3O4. The summed E-state index contributed by atoms with van der Waals surface area (Å²) >= 11 is 6.18. The van der Waals surface area contributed by atoms with E-state index in [1.165, 1.54) is 0 Å². The number of anilines is 1. The topological polar surface area (TPSA) is 77.7 Å². The van der Waals surface area contributed by atoms with E-state index < -0.39 is 0 Å². The van der Waals surface area contributed by atoms with Crippen LogP contribution in [0, 0.1) is 0 Å². The molecule has 0 bridgehead atoms. The van der Waals surface area contributed by atoms with Crippen LogP contribution >= 0.6 is 11.6 Å². The SMILES string of the molecule is CCCN1C(=O)COc2ccc(-c3noc(Cc4ccc(OC)c(Cl)c4)n3)cc21. The molecule has 150 valence electrons. The molecule has 0 radical (unpaired) electrons. The second kappa shape index (κ2) is 8.13. The highest BCUT2D eigenvalue weighted by molar-refractivity contribution is 6.32. The van der Waals surface area contributed by atoms with Crippen LogP contribution in [0.4, 0.5) is 5.69 Å². The van der Waals surface area contributed by atoms with Gasteiger partial charge in [-0.05, 0) is 42.3 Å². The molecule has 0 fully saturated rings. The normalized spacial score (nSPS) is 13.2. The minimum absolute atomic E-state index is 0.0540. The number of carbonyl (C=O) groups is 1. The Balaban J connectivity index is 1.58. The summed E-state index contributed by atoms with van der Waals surface area (Å²) in [6, 6.07) is 11.1. The molecule has 3 aromatic rings. The molecule has 0 saturated heterocycles. The first-order valence-electron chi connectivity index (χ1n) is 9.31. The maximum Gasteiger partial charge on any atom is 0.265 e. The third kappa shape index (κ3) is 3.91. The van der Waals surface area contributed by atoms with Crippen LogP contribution in [0.25, 0.3) is 11.4 Å². The molecule has 2 aromatic carbocycles. The molecule has 0 atom stereocenters. The molecule has 4 rings (SSSR count). The number of ether oxygens (including phenoxy) is 2. The van der Waals surface area contributed by atoms with Crippen molar-refractivity contribution in [3.8, 4) is 22.9 Å². The quantitative estimate of drug-likeness (QED) is 0.604. The van der Waals surface area contributed by atoms with Gasteiger partial charge in [-0.15, -0.1) is 0 Å². The minimum atomic E-state index is -0.0540. The molecule has 1 aliphatic heterocycles. The summed E-state index contributed by atoms with van der Waals surface area (Å²) in [5.41, 5.74) is 2.42. The van der Waals surface area contributed by atoms with Crippen LogP contribution in [0.3, 0.4) is 0 Å². The van der Waals surface area contributed by atoms with E-state index >= 15 is 0 Å². The van der Waals surface area contributed by atoms with E-state index in [0.29, 0.717) is 41.2 Å². The predicted molar refractivity (Wildman–Crippen MR) is 109 cm³/mol. The first-order chi connectivity index (χ1) is 14.1. The van der Waals surface area contributed by atoms with E-state index in [0.717, 1.165) is 23.2 Å². The van der Waals surface area contributed by atoms with Crippen molar-refractivity contribution in [2.75, 3.05) is 25.2 Å². The number of aromatic nitrogens is 2. The van der Waals surface area contributed by atoms with Crippen LogP contribution in [0.2, 0.25) is 5.02 Å². The average molecular weight is 414 g/mol. The highest BCUT2D eigenvalue weighted by Crippen LogP contribution is 2.35. The van der Waals surface area contributed by atoms with Gasteiger partial charge in [-0.25, -0.2) is 0 Å². The lowest BCUT2D eigenvalue weighted by Gasteiger charge is -2.29. The summed E-state index contributed by atoms with van der Waals surface area (Å²) in [6.45, 7) is 2.72. The van der Waals surface area contributed by atoms with E-state index in [9.17, 15) is 4.79 Å². The molecule has 1 aliphatic rings. The molecule has 1 aromatic heterocycles. The zero-order valence-corrected chi connectivity index (χ0v) is 16.9. The maximum absolute atomic E-state index is 12.2. The predicted octanol–water partition coefficient (Wildman–Crippen LogP) is 4.12. The maximum atomic E-state index is 12.2. The van der Waals surface area contributed by atoms with Crippen molar-refractivity contribution in [3.63, 3.8) is 0 Å². The van der Waals surface area contributed by atoms with Crippen LogP contribution in [0.15, 0.2) is 40.9 Å². The van der Waals surface area contributed by atoms with Gasteiger partial charge >= 0.3 is 0 Å². The van der Waals surface area contributed by atoms with E-state index in [2.05, 4.69) is 10.1 Å². The van der Waals surface area contributed by atoms with Crippen molar-refractivity contribution >= 4 is 23.2 Å². The lowest BCUT2D eigenvalue weighted by Crippen LogP contribution is -2.39. The van der Waals surface area contributed by atoms with Crippen LogP contribution in [0.5, 0.6) is 11.5 Å². The van der Waals surface area contributed by atoms with Gasteiger partial charge in [-0.1, -0.05) is 29.7 Å². The molecule has 0 N–H and O–H groups in total. The summed E-state index contributed by atoms with van der Waals surface area (Å²) in [7, 11) is 1.57. The number of halogens is 1. The fraction of sp³-hybridized carbons (Fsp3) is 0.286. The number of amides is 1. The molecule has 0 aliphatic carbocycles. The number of benzene rings is 2. The van der Waals surface area contributed by atoms with Crippen molar-refractivity contribution in [2.24, 2.45) is 0 Å². The molecular weight excluding hydrogens is 394 g/mol. The highest BCUT2D eigenvalue weighted by atomic mass is 35.5. The summed E-state index contributed by atoms with van der Waals surface area (Å²) < 4.78 is 16.1. The molecule has 0 spiro atoms. The van der Waals surface area contributed by atoms with Gasteiger partial charge in [0.05, 0.1) is 24.2 Å². The Kier molecular flexibility index (Phi) is 5.40. The molecule has 0 saturated carbocycles. The lowest BCUT2D eigenvalue weighted by atomic mass is 10.1. The van der Waals surface area contributed by atoms with Gasteiger partial charge in [-0.3, -0.25) is 4.79 Å². The van der Waals surface area contributed by atoms with Crippen molar-refractivity contribution in [1.82, 2.24) is 10.1 Å². The third-order valence-corrected chi connectivity index (χ3v) is 4.94. The van der Waals surface area contributed by atoms with Crippen molar-refractivity contribution in [1.29, 1.82) is 0 Å². The largest absolute Gasteiger partial charge is 0.495 e. The highest BCUT2D eigenvalue weighted by Gasteiger charge is 2.25. The Hall–Kier alpha value is -3.06. The van der Waals surface area contributed by atoms with E-state index in [1.807, 2.05) is 37.3 Å². The standard InChI is InChI=1S/C21H20ClN3O4/c1-3-8-25-16-11-14(5-7-18(16)28-12-20(25)26)21-23-19(29-24-21)10-13-4-6-17(27-2)15(22)9-13/h4-7,9,11H,3,8,10,12H2,1-2H3. The van der Waals surface area contributed by atoms with Crippen molar-refractivity contribution in [2.45, 2.75) is 19.8 Å². The fourth-order valence-corrected chi connectivity index (χ4v) is 3.53. The molecule has 8 heteroatoms. The second-order valence-corrected chi connectivity index (χ2v) is 7.08. The third-order valence-electron chi connectivity index (χ3n) is 4.65. The first kappa shape index (κ1) is 19.3. The summed E-state index contributed by atoms with van der Waals surface area (Å²) in [6.07, 6.45) is 1.30. The molecule has 1 amide bonds. The number of nitrogens with zero attached hydrogens (tertiary/aromatic N) is 3. The van der Waals surface area contributed by atoms with Crippen molar-refractivity contribution < 1.29 is 18.8 Å². The van der Waals surface area contributed by atoms with Crippen molar-refractivity contribution in [3.05, 3.63) is 52.9 Å². The van der Waals surface area contributed by atoms with Crippen LogP contribution < -0.4 is 14.4 Å². The van der Waals surface area contributed by atoms with Gasteiger partial charge in [0, 0.05) is 12.1 Å². The van der Waals surface area contributed by atoms with Crippen LogP contribution in [0.1, 0.15) is 24.8 Å². The fourth-order valence-electron chi connectivity index (χ4n) is 3.25. The van der Waals surface area contributed by atoms with E-state index in [1.54, 1.807) is 18.1 Å². The Morgan fingerprint density at radius 3 is 2.86 bits per heavy atom. The molecule has 2 heterocycles. The first-order valence-corrected chi connectivity index (χ1v) is 9.69.